The molecule has 0 N–H and O–H groups in total. The van der Waals surface area contributed by atoms with E-state index in [0.29, 0.717) is 4.88 Å². The van der Waals surface area contributed by atoms with Gasteiger partial charge in [-0.3, -0.25) is 0 Å². The third kappa shape index (κ3) is 2.85. The van der Waals surface area contributed by atoms with Crippen molar-refractivity contribution in [2.24, 2.45) is 4.99 Å². The molecule has 0 aliphatic rings. The maximum Gasteiger partial charge on any atom is 0.348 e. The van der Waals surface area contributed by atoms with Crippen molar-refractivity contribution >= 4 is 28.6 Å². The van der Waals surface area contributed by atoms with Crippen LogP contribution in [0.2, 0.25) is 0 Å². The summed E-state index contributed by atoms with van der Waals surface area (Å²) in [5.41, 5.74) is 0. The predicted octanol–water partition coefficient (Wildman–Crippen LogP) is 1.76. The van der Waals surface area contributed by atoms with Crippen molar-refractivity contribution in [1.82, 2.24) is 4.90 Å². The molecule has 1 aromatic rings. The van der Waals surface area contributed by atoms with Crippen LogP contribution in [0.15, 0.2) is 17.1 Å². The molecule has 1 aromatic heterocycles. The number of carbonyl (C=O) groups excluding carboxylic acids is 1. The largest absolute Gasteiger partial charge is 0.465 e. The molecule has 14 heavy (non-hydrogen) atoms. The van der Waals surface area contributed by atoms with Crippen molar-refractivity contribution in [1.29, 1.82) is 0 Å². The van der Waals surface area contributed by atoms with Crippen LogP contribution >= 0.6 is 11.3 Å². The van der Waals surface area contributed by atoms with Crippen LogP contribution in [0.1, 0.15) is 9.67 Å². The summed E-state index contributed by atoms with van der Waals surface area (Å²) in [5.74, 6) is -0.318. The van der Waals surface area contributed by atoms with E-state index in [1.807, 2.05) is 19.0 Å². The highest BCUT2D eigenvalue weighted by atomic mass is 32.1. The molecule has 4 nitrogen and oxygen atoms in total. The molecule has 0 amide bonds. The normalized spacial score (nSPS) is 10.5. The van der Waals surface area contributed by atoms with Gasteiger partial charge in [0.1, 0.15) is 9.88 Å². The number of thiophene rings is 1. The molecule has 0 fully saturated rings. The van der Waals surface area contributed by atoms with Gasteiger partial charge in [-0.1, -0.05) is 0 Å². The van der Waals surface area contributed by atoms with Crippen LogP contribution in [0.4, 0.5) is 5.00 Å². The van der Waals surface area contributed by atoms with Gasteiger partial charge in [0.05, 0.1) is 13.4 Å². The lowest BCUT2D eigenvalue weighted by molar-refractivity contribution is 0.0606. The number of hydrogen-bond donors (Lipinski definition) is 0. The van der Waals surface area contributed by atoms with E-state index in [0.717, 1.165) is 5.00 Å². The fraction of sp³-hybridized carbons (Fsp3) is 0.333. The zero-order chi connectivity index (χ0) is 10.6. The van der Waals surface area contributed by atoms with Gasteiger partial charge in [0, 0.05) is 14.1 Å². The van der Waals surface area contributed by atoms with Crippen LogP contribution in [0.25, 0.3) is 0 Å². The summed E-state index contributed by atoms with van der Waals surface area (Å²) in [5, 5.41) is 0.791. The van der Waals surface area contributed by atoms with Crippen molar-refractivity contribution in [2.75, 3.05) is 21.2 Å². The lowest BCUT2D eigenvalue weighted by Crippen LogP contribution is -2.06. The first-order valence-electron chi connectivity index (χ1n) is 4.02. The number of carbonyl (C=O) groups is 1. The first-order valence-corrected chi connectivity index (χ1v) is 4.84. The van der Waals surface area contributed by atoms with Crippen LogP contribution in [0, 0.1) is 0 Å². The highest BCUT2D eigenvalue weighted by Gasteiger charge is 2.07. The highest BCUT2D eigenvalue weighted by Crippen LogP contribution is 2.24. The molecule has 0 radical (unpaired) electrons. The van der Waals surface area contributed by atoms with Gasteiger partial charge in [-0.15, -0.1) is 11.3 Å². The SMILES string of the molecule is COC(=O)c1ccc(N=CN(C)C)s1. The molecule has 0 aliphatic carbocycles. The fourth-order valence-corrected chi connectivity index (χ4v) is 1.54. The van der Waals surface area contributed by atoms with Gasteiger partial charge in [-0.25, -0.2) is 9.79 Å². The zero-order valence-corrected chi connectivity index (χ0v) is 9.17. The molecule has 0 spiro atoms. The lowest BCUT2D eigenvalue weighted by atomic mass is 10.5. The van der Waals surface area contributed by atoms with Crippen LogP contribution in [0.5, 0.6) is 0 Å². The number of hydrogen-bond acceptors (Lipinski definition) is 4. The van der Waals surface area contributed by atoms with Gasteiger partial charge < -0.3 is 9.64 Å². The molecule has 0 saturated heterocycles. The number of ether oxygens (including phenoxy) is 1. The Hall–Kier alpha value is -1.36. The molecule has 0 atom stereocenters. The second-order valence-corrected chi connectivity index (χ2v) is 3.90. The molecule has 0 aromatic carbocycles. The molecule has 0 saturated carbocycles. The van der Waals surface area contributed by atoms with Crippen molar-refractivity contribution in [3.05, 3.63) is 17.0 Å². The Bertz CT molecular complexity index is 344. The quantitative estimate of drug-likeness (QED) is 0.435. The number of methoxy groups -OCH3 is 1. The lowest BCUT2D eigenvalue weighted by Gasteiger charge is -2.00. The summed E-state index contributed by atoms with van der Waals surface area (Å²) >= 11 is 1.31. The van der Waals surface area contributed by atoms with E-state index in [1.54, 1.807) is 18.5 Å². The van der Waals surface area contributed by atoms with E-state index in [2.05, 4.69) is 9.73 Å². The van der Waals surface area contributed by atoms with Crippen LogP contribution in [-0.2, 0) is 4.74 Å². The van der Waals surface area contributed by atoms with Gasteiger partial charge in [-0.2, -0.15) is 0 Å². The fourth-order valence-electron chi connectivity index (χ4n) is 0.780. The van der Waals surface area contributed by atoms with E-state index in [9.17, 15) is 4.79 Å². The summed E-state index contributed by atoms with van der Waals surface area (Å²) < 4.78 is 4.58. The maximum atomic E-state index is 11.1. The molecular formula is C9H12N2O2S. The summed E-state index contributed by atoms with van der Waals surface area (Å²) in [6.07, 6.45) is 1.69. The molecule has 0 bridgehead atoms. The van der Waals surface area contributed by atoms with Crippen molar-refractivity contribution < 1.29 is 9.53 Å². The van der Waals surface area contributed by atoms with E-state index < -0.39 is 0 Å². The third-order valence-corrected chi connectivity index (χ3v) is 2.37. The van der Waals surface area contributed by atoms with Crippen LogP contribution < -0.4 is 0 Å². The maximum absolute atomic E-state index is 11.1. The Morgan fingerprint density at radius 2 is 2.29 bits per heavy atom. The number of esters is 1. The average Bonchev–Trinajstić information content (AvgIpc) is 2.62. The van der Waals surface area contributed by atoms with E-state index in [4.69, 9.17) is 0 Å². The van der Waals surface area contributed by atoms with Crippen molar-refractivity contribution in [3.8, 4) is 0 Å². The molecule has 5 heteroatoms. The molecular weight excluding hydrogens is 200 g/mol. The van der Waals surface area contributed by atoms with Gasteiger partial charge in [0.15, 0.2) is 0 Å². The van der Waals surface area contributed by atoms with Crippen molar-refractivity contribution in [3.63, 3.8) is 0 Å². The Morgan fingerprint density at radius 3 is 2.86 bits per heavy atom. The van der Waals surface area contributed by atoms with Crippen molar-refractivity contribution in [2.45, 2.75) is 0 Å². The van der Waals surface area contributed by atoms with E-state index >= 15 is 0 Å². The summed E-state index contributed by atoms with van der Waals surface area (Å²) in [6.45, 7) is 0. The Balaban J connectivity index is 2.73. The second-order valence-electron chi connectivity index (χ2n) is 2.84. The Morgan fingerprint density at radius 1 is 1.57 bits per heavy atom. The monoisotopic (exact) mass is 212 g/mol. The molecule has 0 aliphatic heterocycles. The molecule has 76 valence electrons. The number of nitrogens with zero attached hydrogens (tertiary/aromatic N) is 2. The standard InChI is InChI=1S/C9H12N2O2S/c1-11(2)6-10-8-5-4-7(14-8)9(12)13-3/h4-6H,1-3H3. The van der Waals surface area contributed by atoms with Gasteiger partial charge in [0.2, 0.25) is 0 Å². The van der Waals surface area contributed by atoms with E-state index in [1.165, 1.54) is 18.4 Å². The minimum absolute atomic E-state index is 0.318. The first-order chi connectivity index (χ1) is 6.63. The summed E-state index contributed by atoms with van der Waals surface area (Å²) in [6, 6.07) is 3.50. The molecule has 1 rings (SSSR count). The highest BCUT2D eigenvalue weighted by molar-refractivity contribution is 7.17. The van der Waals surface area contributed by atoms with Gasteiger partial charge in [-0.05, 0) is 12.1 Å². The van der Waals surface area contributed by atoms with Crippen LogP contribution in [-0.4, -0.2) is 38.4 Å². The second kappa shape index (κ2) is 4.76. The number of rotatable bonds is 3. The summed E-state index contributed by atoms with van der Waals surface area (Å²) in [7, 11) is 5.14. The Labute approximate surface area is 86.8 Å². The minimum Gasteiger partial charge on any atom is -0.465 e. The smallest absolute Gasteiger partial charge is 0.348 e. The predicted molar refractivity (Wildman–Crippen MR) is 57.5 cm³/mol. The molecule has 1 heterocycles. The Kier molecular flexibility index (Phi) is 3.64. The number of aliphatic imine (C=N–C) groups is 1. The average molecular weight is 212 g/mol. The zero-order valence-electron chi connectivity index (χ0n) is 8.35. The van der Waals surface area contributed by atoms with Gasteiger partial charge >= 0.3 is 5.97 Å². The summed E-state index contributed by atoms with van der Waals surface area (Å²) in [4.78, 5) is 17.6. The molecule has 0 unspecified atom stereocenters. The van der Waals surface area contributed by atoms with Crippen LogP contribution in [0.3, 0.4) is 0 Å². The van der Waals surface area contributed by atoms with Gasteiger partial charge in [0.25, 0.3) is 0 Å². The topological polar surface area (TPSA) is 41.9 Å². The third-order valence-electron chi connectivity index (χ3n) is 1.39. The minimum atomic E-state index is -0.318. The first kappa shape index (κ1) is 10.7. The van der Waals surface area contributed by atoms with E-state index in [-0.39, 0.29) is 5.97 Å².